The van der Waals surface area contributed by atoms with Crippen molar-refractivity contribution in [2.24, 2.45) is 11.8 Å². The second-order valence-electron chi connectivity index (χ2n) is 6.43. The Morgan fingerprint density at radius 1 is 1.19 bits per heavy atom. The van der Waals surface area contributed by atoms with Gasteiger partial charge < -0.3 is 20.0 Å². The number of methoxy groups -OCH3 is 1. The number of aliphatic carboxylic acids is 1. The van der Waals surface area contributed by atoms with Gasteiger partial charge in [0, 0.05) is 22.7 Å². The van der Waals surface area contributed by atoms with Crippen LogP contribution in [0.2, 0.25) is 0 Å². The van der Waals surface area contributed by atoms with E-state index >= 15 is 0 Å². The molecule has 1 saturated carbocycles. The van der Waals surface area contributed by atoms with E-state index in [2.05, 4.69) is 5.32 Å². The molecule has 1 N–H and O–H groups in total. The van der Waals surface area contributed by atoms with Gasteiger partial charge in [-0.2, -0.15) is 0 Å². The molecule has 0 aliphatic heterocycles. The zero-order valence-corrected chi connectivity index (χ0v) is 15.8. The third-order valence-electron chi connectivity index (χ3n) is 4.84. The molecule has 3 atom stereocenters. The third-order valence-corrected chi connectivity index (χ3v) is 5.58. The molecule has 1 aliphatic carbocycles. The summed E-state index contributed by atoms with van der Waals surface area (Å²) in [5.41, 5.74) is 0.780. The first-order valence-corrected chi connectivity index (χ1v) is 9.90. The average Bonchev–Trinajstić information content (AvgIpc) is 2.67. The molecule has 26 heavy (non-hydrogen) atoms. The number of carboxylic acids is 1. The summed E-state index contributed by atoms with van der Waals surface area (Å²) in [5, 5.41) is 14.2. The highest BCUT2D eigenvalue weighted by molar-refractivity contribution is 7.98. The molecule has 1 fully saturated rings. The van der Waals surface area contributed by atoms with Gasteiger partial charge in [-0.3, -0.25) is 9.59 Å². The minimum atomic E-state index is -1.18. The summed E-state index contributed by atoms with van der Waals surface area (Å²) in [6.07, 6.45) is 4.51. The fraction of sp³-hybridized carbons (Fsp3) is 0.526. The second kappa shape index (κ2) is 9.62. The minimum absolute atomic E-state index is 0.0104. The highest BCUT2D eigenvalue weighted by Crippen LogP contribution is 2.31. The van der Waals surface area contributed by atoms with Crippen molar-refractivity contribution in [3.8, 4) is 0 Å². The summed E-state index contributed by atoms with van der Waals surface area (Å²) in [7, 11) is 1.30. The van der Waals surface area contributed by atoms with Gasteiger partial charge in [-0.25, -0.2) is 0 Å². The van der Waals surface area contributed by atoms with Gasteiger partial charge in [0.2, 0.25) is 5.91 Å². The Hall–Kier alpha value is -2.02. The number of nitrogens with one attached hydrogen (secondary N) is 1. The zero-order chi connectivity index (χ0) is 19.1. The van der Waals surface area contributed by atoms with Gasteiger partial charge in [-0.05, 0) is 36.8 Å². The molecule has 1 aromatic rings. The van der Waals surface area contributed by atoms with E-state index in [1.807, 2.05) is 30.5 Å². The molecular weight excluding hydrogens is 354 g/mol. The maximum Gasteiger partial charge on any atom is 0.307 e. The number of ether oxygens (including phenoxy) is 1. The number of benzene rings is 1. The number of hydrogen-bond acceptors (Lipinski definition) is 6. The molecule has 0 spiro atoms. The Balaban J connectivity index is 2.17. The van der Waals surface area contributed by atoms with Gasteiger partial charge in [0.1, 0.15) is 0 Å². The van der Waals surface area contributed by atoms with E-state index in [0.29, 0.717) is 12.8 Å². The van der Waals surface area contributed by atoms with Crippen LogP contribution in [0.1, 0.15) is 43.7 Å². The average molecular weight is 378 g/mol. The van der Waals surface area contributed by atoms with Gasteiger partial charge in [-0.15, -0.1) is 11.8 Å². The van der Waals surface area contributed by atoms with Crippen LogP contribution in [0.4, 0.5) is 0 Å². The Labute approximate surface area is 157 Å². The minimum Gasteiger partial charge on any atom is -0.550 e. The lowest BCUT2D eigenvalue weighted by Gasteiger charge is -2.32. The molecule has 0 radical (unpaired) electrons. The molecule has 142 valence electrons. The van der Waals surface area contributed by atoms with Crippen LogP contribution in [-0.4, -0.2) is 31.2 Å². The van der Waals surface area contributed by atoms with Crippen LogP contribution in [0, 0.1) is 11.8 Å². The van der Waals surface area contributed by atoms with Gasteiger partial charge in [0.05, 0.1) is 19.6 Å². The zero-order valence-electron chi connectivity index (χ0n) is 15.0. The summed E-state index contributed by atoms with van der Waals surface area (Å²) in [6.45, 7) is 0. The fourth-order valence-electron chi connectivity index (χ4n) is 3.34. The summed E-state index contributed by atoms with van der Waals surface area (Å²) in [4.78, 5) is 36.9. The van der Waals surface area contributed by atoms with E-state index < -0.39 is 29.8 Å². The number of rotatable bonds is 7. The predicted molar refractivity (Wildman–Crippen MR) is 96.2 cm³/mol. The monoisotopic (exact) mass is 378 g/mol. The van der Waals surface area contributed by atoms with E-state index in [0.717, 1.165) is 23.3 Å². The molecule has 7 heteroatoms. The highest BCUT2D eigenvalue weighted by atomic mass is 32.2. The highest BCUT2D eigenvalue weighted by Gasteiger charge is 2.33. The van der Waals surface area contributed by atoms with E-state index in [9.17, 15) is 19.5 Å². The lowest BCUT2D eigenvalue weighted by molar-refractivity contribution is -0.314. The summed E-state index contributed by atoms with van der Waals surface area (Å²) in [6, 6.07) is 6.99. The first-order chi connectivity index (χ1) is 12.5. The number of amides is 1. The molecule has 0 heterocycles. The largest absolute Gasteiger partial charge is 0.550 e. The number of thioether (sulfide) groups is 1. The Kier molecular flexibility index (Phi) is 7.50. The summed E-state index contributed by atoms with van der Waals surface area (Å²) in [5.74, 6) is -3.37. The van der Waals surface area contributed by atoms with E-state index in [1.54, 1.807) is 11.8 Å². The molecule has 0 aromatic heterocycles. The molecule has 0 saturated heterocycles. The number of esters is 1. The quantitative estimate of drug-likeness (QED) is 0.573. The molecule has 1 aromatic carbocycles. The van der Waals surface area contributed by atoms with Crippen LogP contribution in [0.15, 0.2) is 29.2 Å². The topological polar surface area (TPSA) is 95.5 Å². The molecule has 0 unspecified atom stereocenters. The van der Waals surface area contributed by atoms with Crippen molar-refractivity contribution in [1.29, 1.82) is 0 Å². The van der Waals surface area contributed by atoms with Crippen LogP contribution in [0.3, 0.4) is 0 Å². The molecule has 0 bridgehead atoms. The second-order valence-corrected chi connectivity index (χ2v) is 7.31. The maximum absolute atomic E-state index is 12.7. The normalized spacial score (nSPS) is 20.8. The van der Waals surface area contributed by atoms with E-state index in [4.69, 9.17) is 4.74 Å². The number of carbonyl (C=O) groups is 3. The standard InChI is InChI=1S/C19H25NO5S/c1-25-17(21)11-16(12-7-9-13(26-2)10-8-12)20-18(22)14-5-3-4-6-15(14)19(23)24/h7-10,14-16H,3-6,11H2,1-2H3,(H,20,22)(H,23,24)/p-1/t14-,15+,16-/m1/s1. The number of hydrogen-bond donors (Lipinski definition) is 1. The smallest absolute Gasteiger partial charge is 0.307 e. The Morgan fingerprint density at radius 3 is 2.35 bits per heavy atom. The van der Waals surface area contributed by atoms with Crippen molar-refractivity contribution in [3.05, 3.63) is 29.8 Å². The van der Waals surface area contributed by atoms with Crippen LogP contribution >= 0.6 is 11.8 Å². The Bertz CT molecular complexity index is 646. The third kappa shape index (κ3) is 5.24. The SMILES string of the molecule is COC(=O)C[C@@H](NC(=O)[C@@H]1CCCC[C@@H]1C(=O)[O-])c1ccc(SC)cc1. The molecule has 1 amide bonds. The fourth-order valence-corrected chi connectivity index (χ4v) is 3.75. The first-order valence-electron chi connectivity index (χ1n) is 8.68. The Morgan fingerprint density at radius 2 is 1.81 bits per heavy atom. The molecule has 1 aliphatic rings. The van der Waals surface area contributed by atoms with Crippen molar-refractivity contribution in [3.63, 3.8) is 0 Å². The number of carbonyl (C=O) groups excluding carboxylic acids is 3. The summed E-state index contributed by atoms with van der Waals surface area (Å²) < 4.78 is 4.74. The number of carboxylic acid groups (broad SMARTS) is 1. The van der Waals surface area contributed by atoms with Gasteiger partial charge in [-0.1, -0.05) is 25.0 Å². The predicted octanol–water partition coefficient (Wildman–Crippen LogP) is 1.69. The van der Waals surface area contributed by atoms with Crippen LogP contribution in [0.5, 0.6) is 0 Å². The lowest BCUT2D eigenvalue weighted by Crippen LogP contribution is -2.45. The lowest BCUT2D eigenvalue weighted by atomic mass is 9.78. The van der Waals surface area contributed by atoms with Crippen molar-refractivity contribution < 1.29 is 24.2 Å². The van der Waals surface area contributed by atoms with Crippen molar-refractivity contribution >= 4 is 29.6 Å². The molecular formula is C19H24NO5S-. The van der Waals surface area contributed by atoms with Crippen LogP contribution in [-0.2, 0) is 19.1 Å². The maximum atomic E-state index is 12.7. The molecule has 6 nitrogen and oxygen atoms in total. The van der Waals surface area contributed by atoms with Crippen LogP contribution < -0.4 is 10.4 Å². The van der Waals surface area contributed by atoms with Crippen molar-refractivity contribution in [1.82, 2.24) is 5.32 Å². The van der Waals surface area contributed by atoms with Crippen LogP contribution in [0.25, 0.3) is 0 Å². The first kappa shape index (κ1) is 20.3. The van der Waals surface area contributed by atoms with Gasteiger partial charge in [0.15, 0.2) is 0 Å². The van der Waals surface area contributed by atoms with E-state index in [-0.39, 0.29) is 12.3 Å². The van der Waals surface area contributed by atoms with E-state index in [1.165, 1.54) is 7.11 Å². The van der Waals surface area contributed by atoms with Crippen molar-refractivity contribution in [2.45, 2.75) is 43.0 Å². The summed E-state index contributed by atoms with van der Waals surface area (Å²) >= 11 is 1.60. The van der Waals surface area contributed by atoms with Crippen molar-refractivity contribution in [2.75, 3.05) is 13.4 Å². The molecule has 2 rings (SSSR count). The van der Waals surface area contributed by atoms with Gasteiger partial charge >= 0.3 is 5.97 Å². The van der Waals surface area contributed by atoms with Gasteiger partial charge in [0.25, 0.3) is 0 Å².